The molecule has 2 rings (SSSR count). The number of hydrogen-bond acceptors (Lipinski definition) is 3. The average Bonchev–Trinajstić information content (AvgIpc) is 2.29. The van der Waals surface area contributed by atoms with Crippen molar-refractivity contribution >= 4 is 0 Å². The van der Waals surface area contributed by atoms with Gasteiger partial charge in [0.1, 0.15) is 0 Å². The zero-order valence-corrected chi connectivity index (χ0v) is 9.50. The number of fused-ring (bicyclic) bond motifs is 1. The Balaban J connectivity index is 2.02. The number of hydrogen-bond donors (Lipinski definition) is 3. The van der Waals surface area contributed by atoms with E-state index in [0.717, 1.165) is 31.7 Å². The number of pyridine rings is 1. The number of aromatic nitrogens is 1. The van der Waals surface area contributed by atoms with Gasteiger partial charge < -0.3 is 15.3 Å². The van der Waals surface area contributed by atoms with Crippen molar-refractivity contribution in [2.45, 2.75) is 19.5 Å². The third-order valence-electron chi connectivity index (χ3n) is 2.88. The van der Waals surface area contributed by atoms with Crippen LogP contribution in [0.1, 0.15) is 17.0 Å². The van der Waals surface area contributed by atoms with Gasteiger partial charge in [-0.05, 0) is 12.1 Å². The Labute approximate surface area is 96.3 Å². The molecule has 0 spiro atoms. The smallest absolute Gasteiger partial charge is 0.0806 e. The van der Waals surface area contributed by atoms with Crippen LogP contribution in [0.5, 0.6) is 0 Å². The molecule has 1 aromatic rings. The molecule has 1 unspecified atom stereocenters. The first-order valence-corrected chi connectivity index (χ1v) is 5.75. The number of rotatable bonds is 4. The molecule has 88 valence electrons. The summed E-state index contributed by atoms with van der Waals surface area (Å²) in [6.45, 7) is 3.56. The summed E-state index contributed by atoms with van der Waals surface area (Å²) in [7, 11) is 4.03. The molecule has 0 aromatic carbocycles. The maximum atomic E-state index is 8.67. The maximum absolute atomic E-state index is 8.67. The van der Waals surface area contributed by atoms with Crippen molar-refractivity contribution in [1.29, 1.82) is 0 Å². The van der Waals surface area contributed by atoms with Crippen LogP contribution < -0.4 is 10.2 Å². The first kappa shape index (κ1) is 11.5. The molecule has 4 nitrogen and oxygen atoms in total. The van der Waals surface area contributed by atoms with Gasteiger partial charge in [0, 0.05) is 25.1 Å². The van der Waals surface area contributed by atoms with Crippen LogP contribution in [-0.2, 0) is 19.5 Å². The lowest BCUT2D eigenvalue weighted by atomic mass is 10.1. The standard InChI is InChI=1S/C12H19N3O/c1-15-6-4-12-10(9-15)2-3-11(14-12)8-13-5-7-16/h2-3,13,15-16H,1,4-9H2. The van der Waals surface area contributed by atoms with Crippen molar-refractivity contribution in [3.05, 3.63) is 36.1 Å². The highest BCUT2D eigenvalue weighted by molar-refractivity contribution is 5.23. The summed E-state index contributed by atoms with van der Waals surface area (Å²) in [6.07, 6.45) is 1.02. The Morgan fingerprint density at radius 2 is 2.38 bits per heavy atom. The third-order valence-corrected chi connectivity index (χ3v) is 2.88. The Hall–Kier alpha value is -0.970. The highest BCUT2D eigenvalue weighted by Gasteiger charge is 2.14. The first-order chi connectivity index (χ1) is 7.79. The third kappa shape index (κ3) is 2.78. The molecule has 0 bridgehead atoms. The highest BCUT2D eigenvalue weighted by atomic mass is 16.3. The van der Waals surface area contributed by atoms with E-state index in [1.165, 1.54) is 16.2 Å². The lowest BCUT2D eigenvalue weighted by Crippen LogP contribution is -3.06. The number of quaternary nitrogens is 1. The quantitative estimate of drug-likeness (QED) is 0.447. The summed E-state index contributed by atoms with van der Waals surface area (Å²) in [4.78, 5) is 5.94. The van der Waals surface area contributed by atoms with E-state index in [1.807, 2.05) is 0 Å². The summed E-state index contributed by atoms with van der Waals surface area (Å²) in [6, 6.07) is 4.21. The Kier molecular flexibility index (Phi) is 3.88. The van der Waals surface area contributed by atoms with Crippen LogP contribution in [-0.4, -0.2) is 29.8 Å². The predicted octanol–water partition coefficient (Wildman–Crippen LogP) is -1.10. The monoisotopic (exact) mass is 221 g/mol. The van der Waals surface area contributed by atoms with Gasteiger partial charge in [0.25, 0.3) is 0 Å². The zero-order chi connectivity index (χ0) is 11.4. The van der Waals surface area contributed by atoms with Gasteiger partial charge in [0.05, 0.1) is 31.1 Å². The molecule has 1 aromatic heterocycles. The molecule has 0 amide bonds. The minimum absolute atomic E-state index is 0.171. The van der Waals surface area contributed by atoms with Crippen LogP contribution in [0.15, 0.2) is 12.1 Å². The molecule has 3 N–H and O–H groups in total. The summed E-state index contributed by atoms with van der Waals surface area (Å²) in [5, 5.41) is 11.8. The van der Waals surface area contributed by atoms with Crippen molar-refractivity contribution in [2.75, 3.05) is 19.7 Å². The molecule has 1 aliphatic rings. The fourth-order valence-electron chi connectivity index (χ4n) is 2.00. The number of nitrogens with one attached hydrogen (secondary N) is 2. The van der Waals surface area contributed by atoms with Crippen molar-refractivity contribution in [1.82, 2.24) is 10.3 Å². The summed E-state index contributed by atoms with van der Waals surface area (Å²) in [5.41, 5.74) is 3.59. The molecule has 1 aliphatic heterocycles. The van der Waals surface area contributed by atoms with E-state index in [1.54, 1.807) is 0 Å². The molecule has 0 radical (unpaired) electrons. The van der Waals surface area contributed by atoms with Crippen LogP contribution in [0, 0.1) is 7.05 Å². The Bertz CT molecular complexity index is 354. The SMILES string of the molecule is [CH2-][NH+]1CCc2nc(CNCCO)ccc2C1. The van der Waals surface area contributed by atoms with Crippen molar-refractivity contribution < 1.29 is 10.0 Å². The lowest BCUT2D eigenvalue weighted by Gasteiger charge is -2.27. The number of aliphatic hydroxyl groups is 1. The van der Waals surface area contributed by atoms with E-state index in [9.17, 15) is 0 Å². The molecule has 0 saturated carbocycles. The van der Waals surface area contributed by atoms with E-state index >= 15 is 0 Å². The van der Waals surface area contributed by atoms with Gasteiger partial charge in [0.15, 0.2) is 0 Å². The highest BCUT2D eigenvalue weighted by Crippen LogP contribution is 2.10. The maximum Gasteiger partial charge on any atom is 0.0806 e. The molecule has 0 saturated heterocycles. The van der Waals surface area contributed by atoms with E-state index in [4.69, 9.17) is 5.11 Å². The van der Waals surface area contributed by atoms with E-state index in [-0.39, 0.29) is 6.61 Å². The van der Waals surface area contributed by atoms with E-state index < -0.39 is 0 Å². The van der Waals surface area contributed by atoms with Gasteiger partial charge in [-0.2, -0.15) is 7.05 Å². The van der Waals surface area contributed by atoms with Crippen LogP contribution in [0.2, 0.25) is 0 Å². The average molecular weight is 221 g/mol. The van der Waals surface area contributed by atoms with Gasteiger partial charge in [-0.25, -0.2) is 0 Å². The van der Waals surface area contributed by atoms with Gasteiger partial charge in [-0.3, -0.25) is 4.98 Å². The van der Waals surface area contributed by atoms with Gasteiger partial charge in [-0.15, -0.1) is 0 Å². The summed E-state index contributed by atoms with van der Waals surface area (Å²) in [5.74, 6) is 0. The van der Waals surface area contributed by atoms with Crippen LogP contribution in [0.3, 0.4) is 0 Å². The fourth-order valence-corrected chi connectivity index (χ4v) is 2.00. The summed E-state index contributed by atoms with van der Waals surface area (Å²) >= 11 is 0. The number of nitrogens with zero attached hydrogens (tertiary/aromatic N) is 1. The van der Waals surface area contributed by atoms with Crippen LogP contribution in [0.25, 0.3) is 0 Å². The van der Waals surface area contributed by atoms with Crippen molar-refractivity contribution in [2.24, 2.45) is 0 Å². The Morgan fingerprint density at radius 3 is 3.19 bits per heavy atom. The van der Waals surface area contributed by atoms with Crippen molar-refractivity contribution in [3.8, 4) is 0 Å². The fraction of sp³-hybridized carbons (Fsp3) is 0.500. The molecule has 2 heterocycles. The second-order valence-electron chi connectivity index (χ2n) is 4.24. The second-order valence-corrected chi connectivity index (χ2v) is 4.24. The topological polar surface area (TPSA) is 49.6 Å². The minimum Gasteiger partial charge on any atom is -0.464 e. The van der Waals surface area contributed by atoms with Crippen molar-refractivity contribution in [3.63, 3.8) is 0 Å². The lowest BCUT2D eigenvalue weighted by molar-refractivity contribution is -0.870. The van der Waals surface area contributed by atoms with Gasteiger partial charge >= 0.3 is 0 Å². The van der Waals surface area contributed by atoms with Gasteiger partial charge in [0.2, 0.25) is 0 Å². The molecule has 1 atom stereocenters. The zero-order valence-electron chi connectivity index (χ0n) is 9.50. The second kappa shape index (κ2) is 5.39. The van der Waals surface area contributed by atoms with Crippen LogP contribution in [0.4, 0.5) is 0 Å². The minimum atomic E-state index is 0.171. The van der Waals surface area contributed by atoms with Gasteiger partial charge in [-0.1, -0.05) is 0 Å². The molecular formula is C12H19N3O. The Morgan fingerprint density at radius 1 is 1.50 bits per heavy atom. The molecule has 4 heteroatoms. The van der Waals surface area contributed by atoms with Crippen LogP contribution >= 0.6 is 0 Å². The normalized spacial score (nSPS) is 19.5. The molecule has 0 fully saturated rings. The number of aliphatic hydroxyl groups excluding tert-OH is 1. The van der Waals surface area contributed by atoms with E-state index in [2.05, 4.69) is 29.5 Å². The first-order valence-electron chi connectivity index (χ1n) is 5.75. The van der Waals surface area contributed by atoms with E-state index in [0.29, 0.717) is 6.54 Å². The largest absolute Gasteiger partial charge is 0.464 e. The predicted molar refractivity (Wildman–Crippen MR) is 61.6 cm³/mol. The molecule has 16 heavy (non-hydrogen) atoms. The molecule has 0 aliphatic carbocycles. The molecular weight excluding hydrogens is 202 g/mol. The summed E-state index contributed by atoms with van der Waals surface area (Å²) < 4.78 is 0.